The first kappa shape index (κ1) is 12.4. The van der Waals surface area contributed by atoms with Crippen LogP contribution in [0.2, 0.25) is 0 Å². The third kappa shape index (κ3) is 2.63. The van der Waals surface area contributed by atoms with Crippen molar-refractivity contribution in [1.82, 2.24) is 14.7 Å². The Morgan fingerprint density at radius 2 is 2.41 bits per heavy atom. The van der Waals surface area contributed by atoms with E-state index in [-0.39, 0.29) is 5.91 Å². The lowest BCUT2D eigenvalue weighted by molar-refractivity contribution is 0.0673. The van der Waals surface area contributed by atoms with Crippen molar-refractivity contribution in [2.75, 3.05) is 19.0 Å². The summed E-state index contributed by atoms with van der Waals surface area (Å²) in [4.78, 5) is 14.2. The van der Waals surface area contributed by atoms with E-state index in [4.69, 9.17) is 11.6 Å². The van der Waals surface area contributed by atoms with Crippen LogP contribution in [0.3, 0.4) is 0 Å². The summed E-state index contributed by atoms with van der Waals surface area (Å²) in [5.41, 5.74) is 1.54. The smallest absolute Gasteiger partial charge is 0.272 e. The standard InChI is InChI=1S/C12H18ClN3O/c1-9-6-11(15(2)14-9)12(17)16-5-3-4-10(7-13)8-16/h6,10H,3-5,7-8H2,1-2H3. The first-order valence-corrected chi connectivity index (χ1v) is 6.51. The van der Waals surface area contributed by atoms with Gasteiger partial charge in [-0.25, -0.2) is 0 Å². The van der Waals surface area contributed by atoms with E-state index in [9.17, 15) is 4.79 Å². The fourth-order valence-corrected chi connectivity index (χ4v) is 2.60. The highest BCUT2D eigenvalue weighted by Crippen LogP contribution is 2.19. The summed E-state index contributed by atoms with van der Waals surface area (Å²) in [6.07, 6.45) is 2.16. The van der Waals surface area contributed by atoms with Crippen LogP contribution in [0.15, 0.2) is 6.07 Å². The number of aryl methyl sites for hydroxylation is 2. The van der Waals surface area contributed by atoms with E-state index >= 15 is 0 Å². The maximum absolute atomic E-state index is 12.3. The number of hydrogen-bond acceptors (Lipinski definition) is 2. The van der Waals surface area contributed by atoms with Gasteiger partial charge in [-0.1, -0.05) is 0 Å². The van der Waals surface area contributed by atoms with E-state index in [2.05, 4.69) is 5.10 Å². The monoisotopic (exact) mass is 255 g/mol. The van der Waals surface area contributed by atoms with Crippen LogP contribution in [-0.4, -0.2) is 39.6 Å². The SMILES string of the molecule is Cc1cc(C(=O)N2CCCC(CCl)C2)n(C)n1. The highest BCUT2D eigenvalue weighted by atomic mass is 35.5. The Morgan fingerprint density at radius 1 is 1.65 bits per heavy atom. The van der Waals surface area contributed by atoms with Gasteiger partial charge in [-0.3, -0.25) is 9.48 Å². The first-order chi connectivity index (χ1) is 8.11. The molecule has 0 aliphatic carbocycles. The fourth-order valence-electron chi connectivity index (χ4n) is 2.35. The van der Waals surface area contributed by atoms with E-state index < -0.39 is 0 Å². The molecule has 0 radical (unpaired) electrons. The number of carbonyl (C=O) groups is 1. The van der Waals surface area contributed by atoms with E-state index in [1.165, 1.54) is 0 Å². The number of likely N-dealkylation sites (tertiary alicyclic amines) is 1. The molecule has 1 fully saturated rings. The van der Waals surface area contributed by atoms with Crippen molar-refractivity contribution in [2.45, 2.75) is 19.8 Å². The van der Waals surface area contributed by atoms with Crippen molar-refractivity contribution in [3.8, 4) is 0 Å². The first-order valence-electron chi connectivity index (χ1n) is 5.97. The molecule has 0 saturated carbocycles. The van der Waals surface area contributed by atoms with E-state index in [1.807, 2.05) is 24.9 Å². The summed E-state index contributed by atoms with van der Waals surface area (Å²) in [6.45, 7) is 3.50. The molecule has 1 aliphatic rings. The zero-order valence-corrected chi connectivity index (χ0v) is 11.1. The van der Waals surface area contributed by atoms with Gasteiger partial charge < -0.3 is 4.90 Å². The molecule has 17 heavy (non-hydrogen) atoms. The van der Waals surface area contributed by atoms with Crippen LogP contribution >= 0.6 is 11.6 Å². The van der Waals surface area contributed by atoms with Crippen molar-refractivity contribution < 1.29 is 4.79 Å². The largest absolute Gasteiger partial charge is 0.337 e. The highest BCUT2D eigenvalue weighted by molar-refractivity contribution is 6.18. The lowest BCUT2D eigenvalue weighted by atomic mass is 10.00. The summed E-state index contributed by atoms with van der Waals surface area (Å²) in [7, 11) is 1.81. The normalized spacial score (nSPS) is 20.6. The van der Waals surface area contributed by atoms with Gasteiger partial charge in [0.2, 0.25) is 0 Å². The molecule has 5 heteroatoms. The lowest BCUT2D eigenvalue weighted by Crippen LogP contribution is -2.41. The molecular weight excluding hydrogens is 238 g/mol. The van der Waals surface area contributed by atoms with Gasteiger partial charge in [0.15, 0.2) is 0 Å². The van der Waals surface area contributed by atoms with Crippen LogP contribution < -0.4 is 0 Å². The Balaban J connectivity index is 2.12. The molecule has 0 aromatic carbocycles. The Bertz CT molecular complexity index is 416. The van der Waals surface area contributed by atoms with Gasteiger partial charge in [0, 0.05) is 26.0 Å². The molecular formula is C12H18ClN3O. The maximum atomic E-state index is 12.3. The van der Waals surface area contributed by atoms with Gasteiger partial charge in [0.05, 0.1) is 5.69 Å². The second-order valence-corrected chi connectivity index (χ2v) is 5.02. The zero-order valence-electron chi connectivity index (χ0n) is 10.3. The number of aromatic nitrogens is 2. The summed E-state index contributed by atoms with van der Waals surface area (Å²) < 4.78 is 1.65. The second kappa shape index (κ2) is 5.08. The van der Waals surface area contributed by atoms with Gasteiger partial charge >= 0.3 is 0 Å². The fraction of sp³-hybridized carbons (Fsp3) is 0.667. The molecule has 1 aromatic rings. The molecule has 2 rings (SSSR count). The van der Waals surface area contributed by atoms with Crippen LogP contribution in [0.25, 0.3) is 0 Å². The third-order valence-corrected chi connectivity index (χ3v) is 3.68. The number of piperidine rings is 1. The lowest BCUT2D eigenvalue weighted by Gasteiger charge is -2.31. The molecule has 0 spiro atoms. The van der Waals surface area contributed by atoms with Crippen molar-refractivity contribution in [3.63, 3.8) is 0 Å². The number of hydrogen-bond donors (Lipinski definition) is 0. The molecule has 1 aromatic heterocycles. The predicted molar refractivity (Wildman–Crippen MR) is 67.3 cm³/mol. The average Bonchev–Trinajstić information content (AvgIpc) is 2.67. The Morgan fingerprint density at radius 3 is 3.00 bits per heavy atom. The minimum absolute atomic E-state index is 0.0721. The molecule has 0 bridgehead atoms. The van der Waals surface area contributed by atoms with Crippen molar-refractivity contribution in [3.05, 3.63) is 17.5 Å². The molecule has 1 saturated heterocycles. The topological polar surface area (TPSA) is 38.1 Å². The Kier molecular flexibility index (Phi) is 3.72. The summed E-state index contributed by atoms with van der Waals surface area (Å²) in [5, 5.41) is 4.21. The number of alkyl halides is 1. The molecule has 0 N–H and O–H groups in total. The van der Waals surface area contributed by atoms with E-state index in [0.717, 1.165) is 31.6 Å². The van der Waals surface area contributed by atoms with E-state index in [1.54, 1.807) is 4.68 Å². The number of halogens is 1. The van der Waals surface area contributed by atoms with Gasteiger partial charge in [-0.05, 0) is 31.7 Å². The van der Waals surface area contributed by atoms with Gasteiger partial charge in [0.25, 0.3) is 5.91 Å². The number of nitrogens with zero attached hydrogens (tertiary/aromatic N) is 3. The molecule has 2 heterocycles. The minimum Gasteiger partial charge on any atom is -0.337 e. The maximum Gasteiger partial charge on any atom is 0.272 e. The summed E-state index contributed by atoms with van der Waals surface area (Å²) in [6, 6.07) is 1.84. The molecule has 4 nitrogen and oxygen atoms in total. The Hall–Kier alpha value is -1.03. The van der Waals surface area contributed by atoms with Crippen LogP contribution in [0.1, 0.15) is 29.0 Å². The molecule has 94 valence electrons. The van der Waals surface area contributed by atoms with Gasteiger partial charge in [0.1, 0.15) is 5.69 Å². The highest BCUT2D eigenvalue weighted by Gasteiger charge is 2.25. The molecule has 1 atom stereocenters. The van der Waals surface area contributed by atoms with Gasteiger partial charge in [-0.2, -0.15) is 5.10 Å². The Labute approximate surface area is 107 Å². The molecule has 1 aliphatic heterocycles. The third-order valence-electron chi connectivity index (χ3n) is 3.25. The van der Waals surface area contributed by atoms with Crippen molar-refractivity contribution in [2.24, 2.45) is 13.0 Å². The zero-order chi connectivity index (χ0) is 12.4. The van der Waals surface area contributed by atoms with Crippen molar-refractivity contribution in [1.29, 1.82) is 0 Å². The van der Waals surface area contributed by atoms with Gasteiger partial charge in [-0.15, -0.1) is 11.6 Å². The number of rotatable bonds is 2. The second-order valence-electron chi connectivity index (χ2n) is 4.71. The van der Waals surface area contributed by atoms with Crippen LogP contribution in [0.4, 0.5) is 0 Å². The van der Waals surface area contributed by atoms with Crippen LogP contribution in [-0.2, 0) is 7.05 Å². The number of amides is 1. The summed E-state index contributed by atoms with van der Waals surface area (Å²) in [5.74, 6) is 1.14. The van der Waals surface area contributed by atoms with Crippen LogP contribution in [0, 0.1) is 12.8 Å². The number of carbonyl (C=O) groups excluding carboxylic acids is 1. The average molecular weight is 256 g/mol. The van der Waals surface area contributed by atoms with E-state index in [0.29, 0.717) is 17.5 Å². The predicted octanol–water partition coefficient (Wildman–Crippen LogP) is 1.82. The summed E-state index contributed by atoms with van der Waals surface area (Å²) >= 11 is 5.88. The molecule has 1 unspecified atom stereocenters. The van der Waals surface area contributed by atoms with Crippen molar-refractivity contribution >= 4 is 17.5 Å². The van der Waals surface area contributed by atoms with Crippen LogP contribution in [0.5, 0.6) is 0 Å². The quantitative estimate of drug-likeness (QED) is 0.756. The minimum atomic E-state index is 0.0721. The molecule has 1 amide bonds.